The van der Waals surface area contributed by atoms with Crippen LogP contribution in [0.25, 0.3) is 0 Å². The normalized spacial score (nSPS) is 14.1. The molecule has 1 aromatic carbocycles. The van der Waals surface area contributed by atoms with Crippen molar-refractivity contribution in [1.82, 2.24) is 0 Å². The van der Waals surface area contributed by atoms with E-state index in [1.165, 1.54) is 6.26 Å². The topological polar surface area (TPSA) is 60.4 Å². The second kappa shape index (κ2) is 5.91. The summed E-state index contributed by atoms with van der Waals surface area (Å²) in [5, 5.41) is 0. The Labute approximate surface area is 111 Å². The number of ether oxygens (including phenoxy) is 1. The number of rotatable bonds is 5. The van der Waals surface area contributed by atoms with E-state index < -0.39 is 32.7 Å². The van der Waals surface area contributed by atoms with Crippen molar-refractivity contribution in [3.8, 4) is 5.75 Å². The van der Waals surface area contributed by atoms with Crippen LogP contribution in [0.15, 0.2) is 29.2 Å². The van der Waals surface area contributed by atoms with Gasteiger partial charge >= 0.3 is 6.36 Å². The van der Waals surface area contributed by atoms with E-state index in [1.54, 1.807) is 0 Å². The second-order valence-electron chi connectivity index (χ2n) is 3.62. The number of benzene rings is 1. The van der Waals surface area contributed by atoms with Crippen LogP contribution in [0, 0.1) is 0 Å². The first-order valence-electron chi connectivity index (χ1n) is 4.99. The highest BCUT2D eigenvalue weighted by molar-refractivity contribution is 7.93. The van der Waals surface area contributed by atoms with E-state index in [9.17, 15) is 25.8 Å². The van der Waals surface area contributed by atoms with Gasteiger partial charge in [-0.05, 0) is 24.3 Å². The van der Waals surface area contributed by atoms with Gasteiger partial charge in [-0.3, -0.25) is 4.21 Å². The molecular formula is C10H11F3O4S2. The number of halogens is 3. The maximum absolute atomic E-state index is 11.9. The van der Waals surface area contributed by atoms with Gasteiger partial charge in [-0.2, -0.15) is 0 Å². The molecule has 1 atom stereocenters. The van der Waals surface area contributed by atoms with Crippen LogP contribution in [-0.4, -0.2) is 36.8 Å². The van der Waals surface area contributed by atoms with Crippen LogP contribution in [0.3, 0.4) is 0 Å². The summed E-state index contributed by atoms with van der Waals surface area (Å²) in [7, 11) is -4.90. The third-order valence-corrected chi connectivity index (χ3v) is 4.83. The quantitative estimate of drug-likeness (QED) is 0.830. The van der Waals surface area contributed by atoms with Crippen molar-refractivity contribution in [3.63, 3.8) is 0 Å². The molecule has 0 bridgehead atoms. The monoisotopic (exact) mass is 316 g/mol. The van der Waals surface area contributed by atoms with Crippen LogP contribution in [0.4, 0.5) is 13.2 Å². The van der Waals surface area contributed by atoms with Crippen molar-refractivity contribution < 1.29 is 30.5 Å². The number of alkyl halides is 3. The third kappa shape index (κ3) is 5.60. The molecule has 0 aliphatic heterocycles. The summed E-state index contributed by atoms with van der Waals surface area (Å²) >= 11 is 0. The molecule has 19 heavy (non-hydrogen) atoms. The lowest BCUT2D eigenvalue weighted by molar-refractivity contribution is -0.274. The molecule has 0 spiro atoms. The summed E-state index contributed by atoms with van der Waals surface area (Å²) in [6, 6.07) is 3.89. The Morgan fingerprint density at radius 3 is 2.16 bits per heavy atom. The molecule has 0 amide bonds. The van der Waals surface area contributed by atoms with Gasteiger partial charge in [0.25, 0.3) is 0 Å². The zero-order valence-electron chi connectivity index (χ0n) is 9.81. The molecule has 9 heteroatoms. The molecule has 0 saturated heterocycles. The molecule has 0 heterocycles. The lowest BCUT2D eigenvalue weighted by Crippen LogP contribution is -2.17. The van der Waals surface area contributed by atoms with Gasteiger partial charge in [-0.15, -0.1) is 13.2 Å². The molecule has 4 nitrogen and oxygen atoms in total. The van der Waals surface area contributed by atoms with Crippen molar-refractivity contribution in [2.45, 2.75) is 11.3 Å². The average Bonchev–Trinajstić information content (AvgIpc) is 2.25. The Balaban J connectivity index is 2.84. The van der Waals surface area contributed by atoms with Crippen LogP contribution in [0.2, 0.25) is 0 Å². The maximum Gasteiger partial charge on any atom is 0.573 e. The SMILES string of the molecule is CS(=O)CCS(=O)(=O)c1ccc(OC(F)(F)F)cc1. The predicted molar refractivity (Wildman–Crippen MR) is 64.1 cm³/mol. The molecule has 1 unspecified atom stereocenters. The van der Waals surface area contributed by atoms with Gasteiger partial charge in [0.2, 0.25) is 0 Å². The Morgan fingerprint density at radius 2 is 1.74 bits per heavy atom. The van der Waals surface area contributed by atoms with Gasteiger partial charge < -0.3 is 4.74 Å². The fraction of sp³-hybridized carbons (Fsp3) is 0.400. The Morgan fingerprint density at radius 1 is 1.21 bits per heavy atom. The van der Waals surface area contributed by atoms with Crippen LogP contribution in [-0.2, 0) is 20.6 Å². The van der Waals surface area contributed by atoms with E-state index in [1.807, 2.05) is 0 Å². The summed E-state index contributed by atoms with van der Waals surface area (Å²) in [4.78, 5) is -0.132. The van der Waals surface area contributed by atoms with Crippen molar-refractivity contribution >= 4 is 20.6 Å². The average molecular weight is 316 g/mol. The highest BCUT2D eigenvalue weighted by atomic mass is 32.2. The molecule has 0 radical (unpaired) electrons. The molecule has 0 aromatic heterocycles. The highest BCUT2D eigenvalue weighted by Gasteiger charge is 2.31. The molecule has 0 fully saturated rings. The lowest BCUT2D eigenvalue weighted by Gasteiger charge is -2.09. The smallest absolute Gasteiger partial charge is 0.406 e. The van der Waals surface area contributed by atoms with Crippen molar-refractivity contribution in [2.24, 2.45) is 0 Å². The van der Waals surface area contributed by atoms with Gasteiger partial charge in [0.1, 0.15) is 5.75 Å². The summed E-state index contributed by atoms with van der Waals surface area (Å²) in [6.07, 6.45) is -3.45. The third-order valence-electron chi connectivity index (χ3n) is 2.06. The van der Waals surface area contributed by atoms with Crippen LogP contribution in [0.1, 0.15) is 0 Å². The van der Waals surface area contributed by atoms with E-state index in [4.69, 9.17) is 0 Å². The number of hydrogen-bond acceptors (Lipinski definition) is 4. The molecule has 1 rings (SSSR count). The maximum atomic E-state index is 11.9. The minimum atomic E-state index is -4.82. The molecular weight excluding hydrogens is 305 g/mol. The number of sulfone groups is 1. The van der Waals surface area contributed by atoms with Gasteiger partial charge in [0, 0.05) is 22.8 Å². The summed E-state index contributed by atoms with van der Waals surface area (Å²) < 4.78 is 73.7. The van der Waals surface area contributed by atoms with Crippen molar-refractivity contribution in [1.29, 1.82) is 0 Å². The first kappa shape index (κ1) is 16.0. The van der Waals surface area contributed by atoms with Gasteiger partial charge in [0.15, 0.2) is 9.84 Å². The van der Waals surface area contributed by atoms with Gasteiger partial charge in [0.05, 0.1) is 10.6 Å². The molecule has 0 saturated carbocycles. The molecule has 1 aromatic rings. The standard InChI is InChI=1S/C10H11F3O4S2/c1-18(14)6-7-19(15,16)9-4-2-8(3-5-9)17-10(11,12)13/h2-5H,6-7H2,1H3. The highest BCUT2D eigenvalue weighted by Crippen LogP contribution is 2.24. The number of hydrogen-bond donors (Lipinski definition) is 0. The zero-order chi connectivity index (χ0) is 14.7. The van der Waals surface area contributed by atoms with Crippen molar-refractivity contribution in [3.05, 3.63) is 24.3 Å². The summed E-state index contributed by atoms with van der Waals surface area (Å²) in [6.45, 7) is 0. The zero-order valence-corrected chi connectivity index (χ0v) is 11.4. The van der Waals surface area contributed by atoms with E-state index in [-0.39, 0.29) is 16.4 Å². The largest absolute Gasteiger partial charge is 0.573 e. The van der Waals surface area contributed by atoms with Gasteiger partial charge in [-0.1, -0.05) is 0 Å². The minimum Gasteiger partial charge on any atom is -0.406 e. The summed E-state index contributed by atoms with van der Waals surface area (Å²) in [5.41, 5.74) is 0. The summed E-state index contributed by atoms with van der Waals surface area (Å²) in [5.74, 6) is -0.843. The fourth-order valence-corrected chi connectivity index (χ4v) is 3.80. The van der Waals surface area contributed by atoms with Crippen molar-refractivity contribution in [2.75, 3.05) is 17.8 Å². The van der Waals surface area contributed by atoms with Gasteiger partial charge in [-0.25, -0.2) is 8.42 Å². The first-order valence-corrected chi connectivity index (χ1v) is 8.37. The Kier molecular flexibility index (Phi) is 4.97. The van der Waals surface area contributed by atoms with Crippen LogP contribution >= 0.6 is 0 Å². The first-order chi connectivity index (χ1) is 8.60. The molecule has 0 aliphatic rings. The van der Waals surface area contributed by atoms with Crippen LogP contribution < -0.4 is 4.74 Å². The molecule has 108 valence electrons. The van der Waals surface area contributed by atoms with E-state index in [2.05, 4.69) is 4.74 Å². The van der Waals surface area contributed by atoms with E-state index in [0.717, 1.165) is 24.3 Å². The lowest BCUT2D eigenvalue weighted by atomic mass is 10.3. The Bertz CT molecular complexity index is 549. The predicted octanol–water partition coefficient (Wildman–Crippen LogP) is 1.74. The van der Waals surface area contributed by atoms with E-state index in [0.29, 0.717) is 0 Å². The van der Waals surface area contributed by atoms with Crippen LogP contribution in [0.5, 0.6) is 5.75 Å². The Hall–Kier alpha value is -1.09. The van der Waals surface area contributed by atoms with E-state index >= 15 is 0 Å². The second-order valence-corrected chi connectivity index (χ2v) is 7.28. The minimum absolute atomic E-state index is 0.0247. The fourth-order valence-electron chi connectivity index (χ4n) is 1.19. The molecule has 0 aliphatic carbocycles. The molecule has 0 N–H and O–H groups in total.